The van der Waals surface area contributed by atoms with E-state index in [-0.39, 0.29) is 5.91 Å². The molecule has 0 saturated carbocycles. The summed E-state index contributed by atoms with van der Waals surface area (Å²) in [6.45, 7) is 3.80. The van der Waals surface area contributed by atoms with Crippen molar-refractivity contribution in [1.82, 2.24) is 10.2 Å². The fraction of sp³-hybridized carbons (Fsp3) is 0.500. The zero-order valence-corrected chi connectivity index (χ0v) is 14.1. The molecule has 0 radical (unpaired) electrons. The largest absolute Gasteiger partial charge is 0.355 e. The van der Waals surface area contributed by atoms with Crippen LogP contribution in [0.3, 0.4) is 0 Å². The van der Waals surface area contributed by atoms with Gasteiger partial charge in [-0.1, -0.05) is 15.9 Å². The summed E-state index contributed by atoms with van der Waals surface area (Å²) in [6, 6.07) is 6.12. The molecule has 1 aromatic carbocycles. The third kappa shape index (κ3) is 6.99. The van der Waals surface area contributed by atoms with Crippen molar-refractivity contribution in [3.05, 3.63) is 28.2 Å². The molecule has 1 aromatic rings. The maximum Gasteiger partial charge on any atom is 0.230 e. The number of halogens is 1. The number of nitrogens with zero attached hydrogens (tertiary/aromatic N) is 1. The smallest absolute Gasteiger partial charge is 0.230 e. The summed E-state index contributed by atoms with van der Waals surface area (Å²) in [4.78, 5) is 15.0. The van der Waals surface area contributed by atoms with Crippen LogP contribution in [0.5, 0.6) is 0 Å². The van der Waals surface area contributed by atoms with Crippen LogP contribution in [-0.4, -0.2) is 43.7 Å². The van der Waals surface area contributed by atoms with Gasteiger partial charge in [0.25, 0.3) is 0 Å². The van der Waals surface area contributed by atoms with Crippen LogP contribution in [0, 0.1) is 6.92 Å². The van der Waals surface area contributed by atoms with Gasteiger partial charge in [-0.05, 0) is 57.7 Å². The molecule has 0 unspecified atom stereocenters. The number of aryl methyl sites for hydroxylation is 1. The number of nitrogens with one attached hydrogen (secondary N) is 1. The first kappa shape index (κ1) is 16.5. The Bertz CT molecular complexity index is 424. The molecule has 1 N–H and O–H groups in total. The normalized spacial score (nSPS) is 10.8. The van der Waals surface area contributed by atoms with E-state index in [1.54, 1.807) is 11.8 Å². The van der Waals surface area contributed by atoms with Crippen LogP contribution < -0.4 is 5.32 Å². The van der Waals surface area contributed by atoms with Crippen molar-refractivity contribution in [3.63, 3.8) is 0 Å². The van der Waals surface area contributed by atoms with Crippen LogP contribution in [0.1, 0.15) is 12.0 Å². The molecule has 0 heterocycles. The molecule has 106 valence electrons. The SMILES string of the molecule is Cc1cc(Br)ccc1SCC(=O)NCCCN(C)C. The van der Waals surface area contributed by atoms with E-state index < -0.39 is 0 Å². The summed E-state index contributed by atoms with van der Waals surface area (Å²) in [5, 5.41) is 2.94. The predicted molar refractivity (Wildman–Crippen MR) is 85.8 cm³/mol. The minimum absolute atomic E-state index is 0.103. The second kappa shape index (κ2) is 8.61. The topological polar surface area (TPSA) is 32.3 Å². The summed E-state index contributed by atoms with van der Waals surface area (Å²) < 4.78 is 1.07. The van der Waals surface area contributed by atoms with Crippen LogP contribution in [-0.2, 0) is 4.79 Å². The number of rotatable bonds is 7. The molecular weight excluding hydrogens is 324 g/mol. The molecule has 0 aliphatic rings. The van der Waals surface area contributed by atoms with Gasteiger partial charge in [0.1, 0.15) is 0 Å². The highest BCUT2D eigenvalue weighted by Crippen LogP contribution is 2.24. The Balaban J connectivity index is 2.26. The molecule has 1 rings (SSSR count). The van der Waals surface area contributed by atoms with Gasteiger partial charge in [-0.3, -0.25) is 4.79 Å². The van der Waals surface area contributed by atoms with E-state index >= 15 is 0 Å². The Morgan fingerprint density at radius 2 is 2.16 bits per heavy atom. The van der Waals surface area contributed by atoms with Gasteiger partial charge in [-0.2, -0.15) is 0 Å². The summed E-state index contributed by atoms with van der Waals surface area (Å²) >= 11 is 5.02. The van der Waals surface area contributed by atoms with Crippen LogP contribution in [0.2, 0.25) is 0 Å². The highest BCUT2D eigenvalue weighted by Gasteiger charge is 2.05. The molecule has 0 atom stereocenters. The van der Waals surface area contributed by atoms with Gasteiger partial charge in [0.2, 0.25) is 5.91 Å². The number of benzene rings is 1. The van der Waals surface area contributed by atoms with E-state index in [2.05, 4.69) is 39.1 Å². The zero-order valence-electron chi connectivity index (χ0n) is 11.7. The van der Waals surface area contributed by atoms with Gasteiger partial charge < -0.3 is 10.2 Å². The number of hydrogen-bond donors (Lipinski definition) is 1. The molecule has 5 heteroatoms. The number of amides is 1. The second-order valence-electron chi connectivity index (χ2n) is 4.71. The molecule has 0 bridgehead atoms. The first-order valence-electron chi connectivity index (χ1n) is 6.29. The number of carbonyl (C=O) groups excluding carboxylic acids is 1. The molecule has 3 nitrogen and oxygen atoms in total. The minimum atomic E-state index is 0.103. The predicted octanol–water partition coefficient (Wildman–Crippen LogP) is 2.92. The van der Waals surface area contributed by atoms with Gasteiger partial charge in [0.15, 0.2) is 0 Å². The third-order valence-electron chi connectivity index (χ3n) is 2.60. The lowest BCUT2D eigenvalue weighted by atomic mass is 10.2. The zero-order chi connectivity index (χ0) is 14.3. The molecular formula is C14H21BrN2OS. The van der Waals surface area contributed by atoms with Gasteiger partial charge in [-0.25, -0.2) is 0 Å². The minimum Gasteiger partial charge on any atom is -0.355 e. The van der Waals surface area contributed by atoms with E-state index in [9.17, 15) is 4.79 Å². The molecule has 1 amide bonds. The highest BCUT2D eigenvalue weighted by molar-refractivity contribution is 9.10. The lowest BCUT2D eigenvalue weighted by molar-refractivity contribution is -0.118. The standard InChI is InChI=1S/C14H21BrN2OS/c1-11-9-12(15)5-6-13(11)19-10-14(18)16-7-4-8-17(2)3/h5-6,9H,4,7-8,10H2,1-3H3,(H,16,18). The summed E-state index contributed by atoms with van der Waals surface area (Å²) in [5.41, 5.74) is 1.19. The van der Waals surface area contributed by atoms with Crippen molar-refractivity contribution in [3.8, 4) is 0 Å². The van der Waals surface area contributed by atoms with Gasteiger partial charge in [-0.15, -0.1) is 11.8 Å². The van der Waals surface area contributed by atoms with Crippen molar-refractivity contribution in [2.75, 3.05) is 32.9 Å². The van der Waals surface area contributed by atoms with E-state index in [0.29, 0.717) is 5.75 Å². The molecule has 19 heavy (non-hydrogen) atoms. The van der Waals surface area contributed by atoms with Crippen molar-refractivity contribution in [2.45, 2.75) is 18.2 Å². The van der Waals surface area contributed by atoms with Gasteiger partial charge >= 0.3 is 0 Å². The average Bonchev–Trinajstić information content (AvgIpc) is 2.33. The Kier molecular flexibility index (Phi) is 7.49. The molecule has 0 spiro atoms. The molecule has 0 saturated heterocycles. The molecule has 0 aromatic heterocycles. The Morgan fingerprint density at radius 1 is 1.42 bits per heavy atom. The molecule has 0 aliphatic carbocycles. The first-order chi connectivity index (χ1) is 8.99. The van der Waals surface area contributed by atoms with Crippen LogP contribution in [0.15, 0.2) is 27.6 Å². The van der Waals surface area contributed by atoms with E-state index in [1.807, 2.05) is 26.2 Å². The van der Waals surface area contributed by atoms with Crippen LogP contribution >= 0.6 is 27.7 Å². The van der Waals surface area contributed by atoms with Crippen molar-refractivity contribution in [2.24, 2.45) is 0 Å². The average molecular weight is 345 g/mol. The van der Waals surface area contributed by atoms with Crippen LogP contribution in [0.4, 0.5) is 0 Å². The summed E-state index contributed by atoms with van der Waals surface area (Å²) in [6.07, 6.45) is 0.987. The lowest BCUT2D eigenvalue weighted by Crippen LogP contribution is -2.28. The van der Waals surface area contributed by atoms with E-state index in [4.69, 9.17) is 0 Å². The molecule has 0 aliphatic heterocycles. The van der Waals surface area contributed by atoms with E-state index in [1.165, 1.54) is 5.56 Å². The van der Waals surface area contributed by atoms with Crippen molar-refractivity contribution >= 4 is 33.6 Å². The Morgan fingerprint density at radius 3 is 2.79 bits per heavy atom. The summed E-state index contributed by atoms with van der Waals surface area (Å²) in [5.74, 6) is 0.579. The van der Waals surface area contributed by atoms with Gasteiger partial charge in [0.05, 0.1) is 5.75 Å². The van der Waals surface area contributed by atoms with Crippen molar-refractivity contribution < 1.29 is 4.79 Å². The Labute approximate surface area is 128 Å². The fourth-order valence-electron chi connectivity index (χ4n) is 1.59. The second-order valence-corrected chi connectivity index (χ2v) is 6.64. The number of carbonyl (C=O) groups is 1. The number of hydrogen-bond acceptors (Lipinski definition) is 3. The third-order valence-corrected chi connectivity index (χ3v) is 4.27. The fourth-order valence-corrected chi connectivity index (χ4v) is 2.91. The molecule has 0 fully saturated rings. The van der Waals surface area contributed by atoms with E-state index in [0.717, 1.165) is 28.9 Å². The maximum absolute atomic E-state index is 11.7. The van der Waals surface area contributed by atoms with Crippen LogP contribution in [0.25, 0.3) is 0 Å². The first-order valence-corrected chi connectivity index (χ1v) is 8.07. The quantitative estimate of drug-likeness (QED) is 0.609. The van der Waals surface area contributed by atoms with Crippen molar-refractivity contribution in [1.29, 1.82) is 0 Å². The lowest BCUT2D eigenvalue weighted by Gasteiger charge is -2.10. The van der Waals surface area contributed by atoms with Gasteiger partial charge in [0, 0.05) is 15.9 Å². The number of thioether (sulfide) groups is 1. The highest BCUT2D eigenvalue weighted by atomic mass is 79.9. The Hall–Kier alpha value is -0.520. The maximum atomic E-state index is 11.7. The monoisotopic (exact) mass is 344 g/mol. The summed E-state index contributed by atoms with van der Waals surface area (Å²) in [7, 11) is 4.07.